The number of halogens is 2. The van der Waals surface area contributed by atoms with Gasteiger partial charge in [-0.15, -0.1) is 0 Å². The summed E-state index contributed by atoms with van der Waals surface area (Å²) in [7, 11) is 0. The third kappa shape index (κ3) is 2.38. The molecule has 1 aromatic heterocycles. The molecular formula is C11H11Cl2N3. The first-order valence-corrected chi connectivity index (χ1v) is 5.61. The molecule has 2 rings (SSSR count). The minimum atomic E-state index is 0.457. The molecule has 0 spiro atoms. The van der Waals surface area contributed by atoms with Crippen molar-refractivity contribution in [3.05, 3.63) is 51.8 Å². The van der Waals surface area contributed by atoms with E-state index in [1.54, 1.807) is 18.3 Å². The third-order valence-corrected chi connectivity index (χ3v) is 2.95. The summed E-state index contributed by atoms with van der Waals surface area (Å²) >= 11 is 12.0. The van der Waals surface area contributed by atoms with Crippen molar-refractivity contribution in [1.82, 2.24) is 9.78 Å². The molecule has 0 amide bonds. The lowest BCUT2D eigenvalue weighted by atomic mass is 10.2. The van der Waals surface area contributed by atoms with Gasteiger partial charge in [-0.1, -0.05) is 23.2 Å². The number of hydrogen-bond donors (Lipinski definition) is 1. The second kappa shape index (κ2) is 4.87. The van der Waals surface area contributed by atoms with Gasteiger partial charge in [0.15, 0.2) is 0 Å². The molecule has 0 aliphatic carbocycles. The molecule has 1 heterocycles. The van der Waals surface area contributed by atoms with Gasteiger partial charge in [-0.25, -0.2) is 0 Å². The monoisotopic (exact) mass is 255 g/mol. The van der Waals surface area contributed by atoms with Gasteiger partial charge in [0, 0.05) is 22.8 Å². The number of benzene rings is 1. The second-order valence-electron chi connectivity index (χ2n) is 3.42. The minimum absolute atomic E-state index is 0.457. The predicted molar refractivity (Wildman–Crippen MR) is 65.7 cm³/mol. The number of nitrogens with zero attached hydrogens (tertiary/aromatic N) is 2. The van der Waals surface area contributed by atoms with Crippen LogP contribution >= 0.6 is 23.2 Å². The van der Waals surface area contributed by atoms with Gasteiger partial charge >= 0.3 is 0 Å². The Bertz CT molecular complexity index is 494. The minimum Gasteiger partial charge on any atom is -0.325 e. The Kier molecular flexibility index (Phi) is 3.49. The lowest BCUT2D eigenvalue weighted by Gasteiger charge is -2.08. The molecule has 2 N–H and O–H groups in total. The van der Waals surface area contributed by atoms with Crippen LogP contribution in [0.3, 0.4) is 0 Å². The molecule has 0 bridgehead atoms. The SMILES string of the molecule is NCc1ccnn1Cc1cc(Cl)ccc1Cl. The Morgan fingerprint density at radius 3 is 2.81 bits per heavy atom. The van der Waals surface area contributed by atoms with Crippen LogP contribution in [0.1, 0.15) is 11.3 Å². The molecule has 0 radical (unpaired) electrons. The van der Waals surface area contributed by atoms with Gasteiger partial charge in [0.05, 0.1) is 12.2 Å². The molecule has 0 fully saturated rings. The highest BCUT2D eigenvalue weighted by Gasteiger charge is 2.05. The summed E-state index contributed by atoms with van der Waals surface area (Å²) in [6, 6.07) is 7.27. The van der Waals surface area contributed by atoms with Crippen molar-refractivity contribution >= 4 is 23.2 Å². The molecule has 0 saturated heterocycles. The fourth-order valence-electron chi connectivity index (χ4n) is 1.50. The maximum absolute atomic E-state index is 6.08. The summed E-state index contributed by atoms with van der Waals surface area (Å²) in [5.74, 6) is 0. The highest BCUT2D eigenvalue weighted by atomic mass is 35.5. The summed E-state index contributed by atoms with van der Waals surface area (Å²) < 4.78 is 1.82. The summed E-state index contributed by atoms with van der Waals surface area (Å²) in [5.41, 5.74) is 7.50. The zero-order chi connectivity index (χ0) is 11.5. The van der Waals surface area contributed by atoms with Gasteiger partial charge in [-0.05, 0) is 29.8 Å². The highest BCUT2D eigenvalue weighted by molar-refractivity contribution is 6.33. The van der Waals surface area contributed by atoms with Crippen LogP contribution in [-0.4, -0.2) is 9.78 Å². The van der Waals surface area contributed by atoms with Gasteiger partial charge in [-0.2, -0.15) is 5.10 Å². The number of hydrogen-bond acceptors (Lipinski definition) is 2. The van der Waals surface area contributed by atoms with E-state index in [1.807, 2.05) is 16.8 Å². The molecule has 2 aromatic rings. The van der Waals surface area contributed by atoms with Gasteiger partial charge in [-0.3, -0.25) is 4.68 Å². The third-order valence-electron chi connectivity index (χ3n) is 2.34. The van der Waals surface area contributed by atoms with Crippen molar-refractivity contribution in [2.45, 2.75) is 13.1 Å². The van der Waals surface area contributed by atoms with Crippen molar-refractivity contribution in [2.75, 3.05) is 0 Å². The maximum atomic E-state index is 6.08. The van der Waals surface area contributed by atoms with E-state index < -0.39 is 0 Å². The topological polar surface area (TPSA) is 43.8 Å². The molecule has 16 heavy (non-hydrogen) atoms. The van der Waals surface area contributed by atoms with Gasteiger partial charge in [0.1, 0.15) is 0 Å². The fraction of sp³-hybridized carbons (Fsp3) is 0.182. The molecule has 0 unspecified atom stereocenters. The quantitative estimate of drug-likeness (QED) is 0.917. The van der Waals surface area contributed by atoms with E-state index >= 15 is 0 Å². The van der Waals surface area contributed by atoms with Crippen LogP contribution in [0.25, 0.3) is 0 Å². The van der Waals surface area contributed by atoms with Crippen molar-refractivity contribution < 1.29 is 0 Å². The Hall–Kier alpha value is -1.03. The Morgan fingerprint density at radius 1 is 1.25 bits per heavy atom. The second-order valence-corrected chi connectivity index (χ2v) is 4.26. The predicted octanol–water partition coefficient (Wildman–Crippen LogP) is 2.70. The van der Waals surface area contributed by atoms with E-state index in [2.05, 4.69) is 5.10 Å². The lowest BCUT2D eigenvalue weighted by molar-refractivity contribution is 0.646. The number of nitrogens with two attached hydrogens (primary N) is 1. The first kappa shape index (κ1) is 11.5. The highest BCUT2D eigenvalue weighted by Crippen LogP contribution is 2.21. The van der Waals surface area contributed by atoms with Gasteiger partial charge in [0.2, 0.25) is 0 Å². The van der Waals surface area contributed by atoms with Crippen LogP contribution in [-0.2, 0) is 13.1 Å². The molecule has 0 aliphatic rings. The van der Waals surface area contributed by atoms with E-state index in [4.69, 9.17) is 28.9 Å². The van der Waals surface area contributed by atoms with E-state index in [-0.39, 0.29) is 0 Å². The van der Waals surface area contributed by atoms with Crippen molar-refractivity contribution in [3.8, 4) is 0 Å². The average Bonchev–Trinajstić information content (AvgIpc) is 2.71. The molecule has 0 atom stereocenters. The van der Waals surface area contributed by atoms with E-state index in [0.717, 1.165) is 11.3 Å². The van der Waals surface area contributed by atoms with Crippen LogP contribution in [0.2, 0.25) is 10.0 Å². The van der Waals surface area contributed by atoms with E-state index in [0.29, 0.717) is 23.1 Å². The van der Waals surface area contributed by atoms with Crippen LogP contribution in [0.4, 0.5) is 0 Å². The molecule has 5 heteroatoms. The summed E-state index contributed by atoms with van der Waals surface area (Å²) in [5, 5.41) is 5.54. The molecule has 1 aromatic carbocycles. The standard InChI is InChI=1S/C11H11Cl2N3/c12-9-1-2-11(13)8(5-9)7-16-10(6-14)3-4-15-16/h1-5H,6-7,14H2. The average molecular weight is 256 g/mol. The maximum Gasteiger partial charge on any atom is 0.0678 e. The van der Waals surface area contributed by atoms with Crippen molar-refractivity contribution in [3.63, 3.8) is 0 Å². The van der Waals surface area contributed by atoms with E-state index in [9.17, 15) is 0 Å². The van der Waals surface area contributed by atoms with Crippen LogP contribution < -0.4 is 5.73 Å². The summed E-state index contributed by atoms with van der Waals surface area (Å²) in [6.07, 6.45) is 1.72. The Morgan fingerprint density at radius 2 is 2.06 bits per heavy atom. The van der Waals surface area contributed by atoms with E-state index in [1.165, 1.54) is 0 Å². The van der Waals surface area contributed by atoms with Gasteiger partial charge < -0.3 is 5.73 Å². The van der Waals surface area contributed by atoms with Crippen LogP contribution in [0.5, 0.6) is 0 Å². The van der Waals surface area contributed by atoms with Crippen molar-refractivity contribution in [1.29, 1.82) is 0 Å². The van der Waals surface area contributed by atoms with Crippen LogP contribution in [0.15, 0.2) is 30.5 Å². The van der Waals surface area contributed by atoms with Crippen LogP contribution in [0, 0.1) is 0 Å². The zero-order valence-corrected chi connectivity index (χ0v) is 10.0. The van der Waals surface area contributed by atoms with Crippen molar-refractivity contribution in [2.24, 2.45) is 5.73 Å². The van der Waals surface area contributed by atoms with Gasteiger partial charge in [0.25, 0.3) is 0 Å². The normalized spacial score (nSPS) is 10.7. The smallest absolute Gasteiger partial charge is 0.0678 e. The molecular weight excluding hydrogens is 245 g/mol. The summed E-state index contributed by atoms with van der Waals surface area (Å²) in [4.78, 5) is 0. The molecule has 0 aliphatic heterocycles. The first-order valence-electron chi connectivity index (χ1n) is 4.85. The number of aromatic nitrogens is 2. The summed E-state index contributed by atoms with van der Waals surface area (Å²) in [6.45, 7) is 1.04. The largest absolute Gasteiger partial charge is 0.325 e. The zero-order valence-electron chi connectivity index (χ0n) is 8.53. The molecule has 0 saturated carbocycles. The Balaban J connectivity index is 2.30. The lowest BCUT2D eigenvalue weighted by Crippen LogP contribution is -2.10. The number of rotatable bonds is 3. The fourth-order valence-corrected chi connectivity index (χ4v) is 1.87. The first-order chi connectivity index (χ1) is 7.70. The molecule has 3 nitrogen and oxygen atoms in total. The Labute approximate surface area is 104 Å². The molecule has 84 valence electrons.